The van der Waals surface area contributed by atoms with Crippen LogP contribution in [0.25, 0.3) is 12.2 Å². The molecule has 1 aliphatic carbocycles. The van der Waals surface area contributed by atoms with E-state index in [1.807, 2.05) is 0 Å². The lowest BCUT2D eigenvalue weighted by molar-refractivity contribution is 0.103. The fourth-order valence-corrected chi connectivity index (χ4v) is 3.67. The van der Waals surface area contributed by atoms with Crippen molar-refractivity contribution in [3.63, 3.8) is 0 Å². The van der Waals surface area contributed by atoms with E-state index in [0.717, 1.165) is 18.5 Å². The van der Waals surface area contributed by atoms with Crippen LogP contribution in [-0.4, -0.2) is 25.7 Å². The minimum atomic E-state index is -0.473. The molecule has 2 aromatic heterocycles. The van der Waals surface area contributed by atoms with Crippen LogP contribution in [0, 0.1) is 5.82 Å². The molecule has 1 saturated carbocycles. The van der Waals surface area contributed by atoms with E-state index in [1.165, 1.54) is 30.3 Å². The number of ketones is 1. The average molecular weight is 442 g/mol. The topological polar surface area (TPSA) is 111 Å². The second-order valence-electron chi connectivity index (χ2n) is 7.96. The van der Waals surface area contributed by atoms with E-state index in [1.54, 1.807) is 36.7 Å². The van der Waals surface area contributed by atoms with Gasteiger partial charge >= 0.3 is 0 Å². The van der Waals surface area contributed by atoms with Crippen molar-refractivity contribution >= 4 is 17.9 Å². The molecular weight excluding hydrogens is 423 g/mol. The van der Waals surface area contributed by atoms with E-state index in [0.29, 0.717) is 28.3 Å². The number of carbonyl (C=O) groups excluding carboxylic acids is 1. The number of aromatic nitrogens is 4. The zero-order valence-corrected chi connectivity index (χ0v) is 17.4. The van der Waals surface area contributed by atoms with Crippen LogP contribution in [-0.2, 0) is 0 Å². The molecule has 8 heteroatoms. The van der Waals surface area contributed by atoms with Crippen LogP contribution in [0.2, 0.25) is 0 Å². The van der Waals surface area contributed by atoms with Gasteiger partial charge in [0.25, 0.3) is 11.1 Å². The van der Waals surface area contributed by atoms with E-state index >= 15 is 0 Å². The van der Waals surface area contributed by atoms with Gasteiger partial charge in [0, 0.05) is 22.7 Å². The summed E-state index contributed by atoms with van der Waals surface area (Å²) in [5.41, 5.74) is 1.97. The predicted octanol–water partition coefficient (Wildman–Crippen LogP) is 1.69. The van der Waals surface area contributed by atoms with Crippen LogP contribution < -0.4 is 21.8 Å². The van der Waals surface area contributed by atoms with Crippen molar-refractivity contribution in [2.45, 2.75) is 18.8 Å². The van der Waals surface area contributed by atoms with Crippen LogP contribution in [0.3, 0.4) is 0 Å². The monoisotopic (exact) mass is 442 g/mol. The summed E-state index contributed by atoms with van der Waals surface area (Å²) in [6.07, 6.45) is 6.79. The molecule has 164 valence electrons. The molecule has 2 heterocycles. The molecule has 2 aromatic carbocycles. The largest absolute Gasteiger partial charge is 0.348 e. The molecule has 7 nitrogen and oxygen atoms in total. The third kappa shape index (κ3) is 4.36. The van der Waals surface area contributed by atoms with Gasteiger partial charge in [-0.15, -0.1) is 0 Å². The number of hydrogen-bond donors (Lipinski definition) is 3. The van der Waals surface area contributed by atoms with Crippen LogP contribution in [0.5, 0.6) is 0 Å². The van der Waals surface area contributed by atoms with Crippen molar-refractivity contribution in [1.82, 2.24) is 19.9 Å². The molecular formula is C25H19FN4O3. The number of imidazole rings is 1. The molecule has 3 N–H and O–H groups in total. The Morgan fingerprint density at radius 2 is 1.64 bits per heavy atom. The van der Waals surface area contributed by atoms with Crippen molar-refractivity contribution in [2.24, 2.45) is 0 Å². The van der Waals surface area contributed by atoms with Crippen LogP contribution >= 0.6 is 0 Å². The van der Waals surface area contributed by atoms with Crippen molar-refractivity contribution in [3.8, 4) is 0 Å². The number of carbonyl (C=O) groups is 1. The standard InChI is InChI=1S/C25H19FN4O3/c26-18-8-6-16(7-9-18)23(31)17-3-1-2-14(10-17)11-20-24(32)30-21(25(33)29-20)12-19-22(15-4-5-15)28-13-27-19/h1-3,6-13,15H,4-5H2,(H,27,28)(H,29,33)(H,30,32)/b20-11-,21-12-. The molecule has 5 rings (SSSR count). The summed E-state index contributed by atoms with van der Waals surface area (Å²) in [6.45, 7) is 0. The SMILES string of the molecule is O=C(c1ccc(F)cc1)c1cccc(/C=c2\[nH]c(=O)/c(=C/c3nc[nH]c3C3CC3)[nH]c2=O)c1. The number of hydrogen-bond acceptors (Lipinski definition) is 4. The van der Waals surface area contributed by atoms with Gasteiger partial charge in [-0.25, -0.2) is 9.37 Å². The van der Waals surface area contributed by atoms with Gasteiger partial charge in [-0.3, -0.25) is 14.4 Å². The average Bonchev–Trinajstić information content (AvgIpc) is 3.56. The number of halogens is 1. The second kappa shape index (κ2) is 8.31. The second-order valence-corrected chi connectivity index (χ2v) is 7.96. The van der Waals surface area contributed by atoms with Crippen molar-refractivity contribution in [3.05, 3.63) is 120 Å². The zero-order chi connectivity index (χ0) is 22.9. The predicted molar refractivity (Wildman–Crippen MR) is 121 cm³/mol. The lowest BCUT2D eigenvalue weighted by Crippen LogP contribution is -2.46. The summed E-state index contributed by atoms with van der Waals surface area (Å²) in [6, 6.07) is 11.9. The number of nitrogens with zero attached hydrogens (tertiary/aromatic N) is 1. The smallest absolute Gasteiger partial charge is 0.272 e. The fraction of sp³-hybridized carbons (Fsp3) is 0.120. The Morgan fingerprint density at radius 1 is 0.939 bits per heavy atom. The highest BCUT2D eigenvalue weighted by molar-refractivity contribution is 6.09. The minimum absolute atomic E-state index is 0.0629. The third-order valence-corrected chi connectivity index (χ3v) is 5.52. The molecule has 33 heavy (non-hydrogen) atoms. The summed E-state index contributed by atoms with van der Waals surface area (Å²) in [4.78, 5) is 50.5. The quantitative estimate of drug-likeness (QED) is 0.409. The van der Waals surface area contributed by atoms with E-state index in [-0.39, 0.29) is 16.5 Å². The molecule has 4 aromatic rings. The van der Waals surface area contributed by atoms with Gasteiger partial charge in [0.15, 0.2) is 5.78 Å². The van der Waals surface area contributed by atoms with Gasteiger partial charge in [0.05, 0.1) is 12.0 Å². The fourth-order valence-electron chi connectivity index (χ4n) is 3.67. The molecule has 0 aliphatic heterocycles. The van der Waals surface area contributed by atoms with E-state index in [4.69, 9.17) is 0 Å². The highest BCUT2D eigenvalue weighted by Crippen LogP contribution is 2.40. The Hall–Kier alpha value is -4.33. The third-order valence-electron chi connectivity index (χ3n) is 5.52. The molecule has 0 spiro atoms. The van der Waals surface area contributed by atoms with Crippen LogP contribution in [0.15, 0.2) is 64.4 Å². The van der Waals surface area contributed by atoms with Crippen LogP contribution in [0.4, 0.5) is 4.39 Å². The Labute approximate surface area is 186 Å². The Morgan fingerprint density at radius 3 is 2.33 bits per heavy atom. The number of H-pyrrole nitrogens is 3. The first kappa shape index (κ1) is 20.6. The maximum atomic E-state index is 13.1. The summed E-state index contributed by atoms with van der Waals surface area (Å²) in [7, 11) is 0. The Bertz CT molecular complexity index is 1590. The normalized spacial score (nSPS) is 14.6. The minimum Gasteiger partial charge on any atom is -0.348 e. The molecule has 0 radical (unpaired) electrons. The molecule has 0 amide bonds. The highest BCUT2D eigenvalue weighted by atomic mass is 19.1. The number of nitrogens with one attached hydrogen (secondary N) is 3. The van der Waals surface area contributed by atoms with E-state index in [2.05, 4.69) is 19.9 Å². The van der Waals surface area contributed by atoms with Crippen molar-refractivity contribution < 1.29 is 9.18 Å². The van der Waals surface area contributed by atoms with Gasteiger partial charge in [-0.05, 0) is 60.9 Å². The molecule has 1 aliphatic rings. The van der Waals surface area contributed by atoms with Crippen LogP contribution in [0.1, 0.15) is 51.6 Å². The first-order chi connectivity index (χ1) is 16.0. The lowest BCUT2D eigenvalue weighted by Gasteiger charge is -2.02. The van der Waals surface area contributed by atoms with Gasteiger partial charge in [0.1, 0.15) is 16.5 Å². The maximum Gasteiger partial charge on any atom is 0.272 e. The first-order valence-corrected chi connectivity index (χ1v) is 10.5. The summed E-state index contributed by atoms with van der Waals surface area (Å²) in [5.74, 6) is -0.279. The Balaban J connectivity index is 1.50. The summed E-state index contributed by atoms with van der Waals surface area (Å²) in [5, 5.41) is 0.180. The molecule has 0 atom stereocenters. The number of rotatable bonds is 5. The van der Waals surface area contributed by atoms with Crippen molar-refractivity contribution in [2.75, 3.05) is 0 Å². The lowest BCUT2D eigenvalue weighted by atomic mass is 10.0. The number of aromatic amines is 3. The highest BCUT2D eigenvalue weighted by Gasteiger charge is 2.27. The Kier molecular flexibility index (Phi) is 5.18. The molecule has 0 unspecified atom stereocenters. The van der Waals surface area contributed by atoms with E-state index < -0.39 is 16.9 Å². The van der Waals surface area contributed by atoms with E-state index in [9.17, 15) is 18.8 Å². The van der Waals surface area contributed by atoms with Gasteiger partial charge in [0.2, 0.25) is 0 Å². The van der Waals surface area contributed by atoms with Gasteiger partial charge in [-0.2, -0.15) is 0 Å². The molecule has 0 bridgehead atoms. The zero-order valence-electron chi connectivity index (χ0n) is 17.4. The molecule has 1 fully saturated rings. The summed E-state index contributed by atoms with van der Waals surface area (Å²) < 4.78 is 13.1. The molecule has 0 saturated heterocycles. The van der Waals surface area contributed by atoms with Crippen molar-refractivity contribution in [1.29, 1.82) is 0 Å². The maximum absolute atomic E-state index is 13.1. The summed E-state index contributed by atoms with van der Waals surface area (Å²) >= 11 is 0. The van der Waals surface area contributed by atoms with Gasteiger partial charge < -0.3 is 15.0 Å². The number of benzene rings is 2. The first-order valence-electron chi connectivity index (χ1n) is 10.5. The van der Waals surface area contributed by atoms with Gasteiger partial charge in [-0.1, -0.05) is 18.2 Å².